The molecule has 0 atom stereocenters. The summed E-state index contributed by atoms with van der Waals surface area (Å²) in [4.78, 5) is 16.4. The van der Waals surface area contributed by atoms with E-state index >= 15 is 0 Å². The number of nitrogens with zero attached hydrogens (tertiary/aromatic N) is 4. The van der Waals surface area contributed by atoms with Gasteiger partial charge in [-0.1, -0.05) is 23.7 Å². The average Bonchev–Trinajstić information content (AvgIpc) is 2.68. The highest BCUT2D eigenvalue weighted by molar-refractivity contribution is 6.30. The van der Waals surface area contributed by atoms with E-state index in [4.69, 9.17) is 11.6 Å². The number of anilines is 2. The van der Waals surface area contributed by atoms with Crippen LogP contribution in [0.15, 0.2) is 42.5 Å². The summed E-state index contributed by atoms with van der Waals surface area (Å²) in [5.74, 6) is 1.64. The minimum absolute atomic E-state index is 0.0215. The highest BCUT2D eigenvalue weighted by atomic mass is 35.5. The summed E-state index contributed by atoms with van der Waals surface area (Å²) in [6, 6.07) is 11.3. The first-order chi connectivity index (χ1) is 12.7. The van der Waals surface area contributed by atoms with Crippen molar-refractivity contribution in [2.24, 2.45) is 0 Å². The number of carbonyl (C=O) groups is 1. The smallest absolute Gasteiger partial charge is 0.246 e. The summed E-state index contributed by atoms with van der Waals surface area (Å²) < 4.78 is 0. The molecule has 1 saturated heterocycles. The third-order valence-electron chi connectivity index (χ3n) is 4.21. The number of hydrogen-bond donors (Lipinski definition) is 1. The first kappa shape index (κ1) is 18.2. The molecule has 26 heavy (non-hydrogen) atoms. The minimum Gasteiger partial charge on any atom is -0.369 e. The Kier molecular flexibility index (Phi) is 6.07. The maximum absolute atomic E-state index is 12.4. The van der Waals surface area contributed by atoms with Crippen LogP contribution in [0, 0.1) is 0 Å². The summed E-state index contributed by atoms with van der Waals surface area (Å²) in [6.45, 7) is 5.66. The SMILES string of the molecule is CCNc1ccc(N2CCN(C(=O)/C=C/c3ccc(Cl)cc3)CC2)nn1. The van der Waals surface area contributed by atoms with E-state index in [0.717, 1.165) is 36.8 Å². The summed E-state index contributed by atoms with van der Waals surface area (Å²) >= 11 is 5.87. The molecule has 1 fully saturated rings. The molecule has 0 saturated carbocycles. The van der Waals surface area contributed by atoms with Crippen molar-refractivity contribution in [1.29, 1.82) is 0 Å². The van der Waals surface area contributed by atoms with Crippen LogP contribution in [0.25, 0.3) is 6.08 Å². The molecule has 1 aromatic carbocycles. The van der Waals surface area contributed by atoms with Crippen LogP contribution in [-0.4, -0.2) is 53.7 Å². The molecule has 3 rings (SSSR count). The molecular formula is C19H22ClN5O. The van der Waals surface area contributed by atoms with Crippen molar-refractivity contribution in [2.75, 3.05) is 42.9 Å². The first-order valence-corrected chi connectivity index (χ1v) is 9.08. The quantitative estimate of drug-likeness (QED) is 0.819. The Hall–Kier alpha value is -2.60. The van der Waals surface area contributed by atoms with Crippen LogP contribution in [0.2, 0.25) is 5.02 Å². The average molecular weight is 372 g/mol. The minimum atomic E-state index is 0.0215. The molecule has 136 valence electrons. The topological polar surface area (TPSA) is 61.4 Å². The zero-order valence-electron chi connectivity index (χ0n) is 14.7. The van der Waals surface area contributed by atoms with Gasteiger partial charge in [0.1, 0.15) is 5.82 Å². The van der Waals surface area contributed by atoms with Crippen LogP contribution in [0.3, 0.4) is 0 Å². The van der Waals surface area contributed by atoms with Gasteiger partial charge in [-0.15, -0.1) is 10.2 Å². The third kappa shape index (κ3) is 4.73. The summed E-state index contributed by atoms with van der Waals surface area (Å²) in [6.07, 6.45) is 3.43. The van der Waals surface area contributed by atoms with E-state index in [-0.39, 0.29) is 5.91 Å². The van der Waals surface area contributed by atoms with Crippen molar-refractivity contribution in [1.82, 2.24) is 15.1 Å². The van der Waals surface area contributed by atoms with E-state index in [2.05, 4.69) is 20.4 Å². The molecule has 0 spiro atoms. The number of carbonyl (C=O) groups excluding carboxylic acids is 1. The number of nitrogens with one attached hydrogen (secondary N) is 1. The molecule has 2 heterocycles. The van der Waals surface area contributed by atoms with E-state index in [1.165, 1.54) is 0 Å². The number of hydrogen-bond acceptors (Lipinski definition) is 5. The van der Waals surface area contributed by atoms with Crippen LogP contribution in [-0.2, 0) is 4.79 Å². The van der Waals surface area contributed by atoms with E-state index in [9.17, 15) is 4.79 Å². The highest BCUT2D eigenvalue weighted by Crippen LogP contribution is 2.15. The van der Waals surface area contributed by atoms with Gasteiger partial charge >= 0.3 is 0 Å². The van der Waals surface area contributed by atoms with Crippen molar-refractivity contribution in [3.8, 4) is 0 Å². The Morgan fingerprint density at radius 2 is 1.85 bits per heavy atom. The number of piperazine rings is 1. The Bertz CT molecular complexity index is 753. The molecule has 1 aliphatic rings. The van der Waals surface area contributed by atoms with Crippen molar-refractivity contribution in [2.45, 2.75) is 6.92 Å². The molecule has 0 unspecified atom stereocenters. The van der Waals surface area contributed by atoms with E-state index < -0.39 is 0 Å². The molecule has 0 radical (unpaired) electrons. The predicted molar refractivity (Wildman–Crippen MR) is 105 cm³/mol. The highest BCUT2D eigenvalue weighted by Gasteiger charge is 2.20. The standard InChI is InChI=1S/C19H22ClN5O/c1-2-21-17-8-9-18(23-22-17)24-11-13-25(14-12-24)19(26)10-5-15-3-6-16(20)7-4-15/h3-10H,2,11-14H2,1H3,(H,21,22)/b10-5+. The third-order valence-corrected chi connectivity index (χ3v) is 4.46. The Labute approximate surface area is 158 Å². The summed E-state index contributed by atoms with van der Waals surface area (Å²) in [5, 5.41) is 12.2. The van der Waals surface area contributed by atoms with Crippen LogP contribution < -0.4 is 10.2 Å². The van der Waals surface area contributed by atoms with Crippen molar-refractivity contribution in [3.63, 3.8) is 0 Å². The fraction of sp³-hybridized carbons (Fsp3) is 0.316. The second-order valence-corrected chi connectivity index (χ2v) is 6.44. The van der Waals surface area contributed by atoms with Gasteiger partial charge < -0.3 is 15.1 Å². The number of aromatic nitrogens is 2. The van der Waals surface area contributed by atoms with Gasteiger partial charge in [0.25, 0.3) is 0 Å². The molecule has 0 aliphatic carbocycles. The normalized spacial score (nSPS) is 14.7. The molecule has 1 aliphatic heterocycles. The van der Waals surface area contributed by atoms with E-state index in [1.54, 1.807) is 6.08 Å². The van der Waals surface area contributed by atoms with Crippen LogP contribution in [0.1, 0.15) is 12.5 Å². The lowest BCUT2D eigenvalue weighted by Gasteiger charge is -2.34. The van der Waals surface area contributed by atoms with E-state index in [0.29, 0.717) is 18.1 Å². The first-order valence-electron chi connectivity index (χ1n) is 8.71. The number of rotatable bonds is 5. The van der Waals surface area contributed by atoms with Gasteiger partial charge in [0.15, 0.2) is 5.82 Å². The largest absolute Gasteiger partial charge is 0.369 e. The molecule has 6 nitrogen and oxygen atoms in total. The molecule has 7 heteroatoms. The predicted octanol–water partition coefficient (Wildman–Crippen LogP) is 2.92. The van der Waals surface area contributed by atoms with Gasteiger partial charge in [0.2, 0.25) is 5.91 Å². The van der Waals surface area contributed by atoms with Crippen LogP contribution in [0.5, 0.6) is 0 Å². The lowest BCUT2D eigenvalue weighted by molar-refractivity contribution is -0.126. The second kappa shape index (κ2) is 8.67. The van der Waals surface area contributed by atoms with Crippen molar-refractivity contribution >= 4 is 35.2 Å². The lowest BCUT2D eigenvalue weighted by atomic mass is 10.2. The van der Waals surface area contributed by atoms with Gasteiger partial charge in [-0.25, -0.2) is 0 Å². The Balaban J connectivity index is 1.52. The maximum atomic E-state index is 12.4. The van der Waals surface area contributed by atoms with Crippen molar-refractivity contribution < 1.29 is 4.79 Å². The van der Waals surface area contributed by atoms with Gasteiger partial charge in [0.05, 0.1) is 0 Å². The van der Waals surface area contributed by atoms with Crippen molar-refractivity contribution in [3.05, 3.63) is 53.1 Å². The molecular weight excluding hydrogens is 350 g/mol. The second-order valence-electron chi connectivity index (χ2n) is 6.00. The zero-order valence-corrected chi connectivity index (χ0v) is 15.5. The van der Waals surface area contributed by atoms with Crippen LogP contribution >= 0.6 is 11.6 Å². The number of benzene rings is 1. The van der Waals surface area contributed by atoms with Gasteiger partial charge in [0, 0.05) is 43.8 Å². The Morgan fingerprint density at radius 3 is 2.46 bits per heavy atom. The molecule has 2 aromatic rings. The van der Waals surface area contributed by atoms with Gasteiger partial charge in [-0.05, 0) is 42.8 Å². The van der Waals surface area contributed by atoms with Crippen LogP contribution in [0.4, 0.5) is 11.6 Å². The number of amides is 1. The molecule has 1 aromatic heterocycles. The fourth-order valence-electron chi connectivity index (χ4n) is 2.77. The fourth-order valence-corrected chi connectivity index (χ4v) is 2.90. The van der Waals surface area contributed by atoms with Gasteiger partial charge in [-0.2, -0.15) is 0 Å². The molecule has 0 bridgehead atoms. The zero-order chi connectivity index (χ0) is 18.4. The molecule has 1 amide bonds. The Morgan fingerprint density at radius 1 is 1.12 bits per heavy atom. The van der Waals surface area contributed by atoms with E-state index in [1.807, 2.05) is 54.3 Å². The monoisotopic (exact) mass is 371 g/mol. The summed E-state index contributed by atoms with van der Waals surface area (Å²) in [7, 11) is 0. The number of halogens is 1. The maximum Gasteiger partial charge on any atom is 0.246 e. The summed E-state index contributed by atoms with van der Waals surface area (Å²) in [5.41, 5.74) is 0.956. The van der Waals surface area contributed by atoms with Gasteiger partial charge in [-0.3, -0.25) is 4.79 Å². The lowest BCUT2D eigenvalue weighted by Crippen LogP contribution is -2.48. The molecule has 1 N–H and O–H groups in total.